The van der Waals surface area contributed by atoms with E-state index in [4.69, 9.17) is 5.26 Å². The average Bonchev–Trinajstić information content (AvgIpc) is 2.74. The molecule has 7 heteroatoms. The number of benzene rings is 2. The first-order valence-electron chi connectivity index (χ1n) is 9.93. The molecule has 2 N–H and O–H groups in total. The molecule has 1 atom stereocenters. The SMILES string of the molecule is N#Cc1ccc(NC(=O)C(O)(Cc2ccccc2)C2CCCCC2)cc1C(F)(F)F. The number of nitrogens with zero attached hydrogens (tertiary/aromatic N) is 1. The Kier molecular flexibility index (Phi) is 6.47. The van der Waals surface area contributed by atoms with E-state index in [1.54, 1.807) is 0 Å². The summed E-state index contributed by atoms with van der Waals surface area (Å²) >= 11 is 0. The molecule has 1 saturated carbocycles. The molecule has 0 spiro atoms. The number of hydrogen-bond donors (Lipinski definition) is 2. The van der Waals surface area contributed by atoms with Crippen LogP contribution in [0, 0.1) is 17.2 Å². The van der Waals surface area contributed by atoms with Crippen LogP contribution in [0.5, 0.6) is 0 Å². The van der Waals surface area contributed by atoms with Crippen molar-refractivity contribution in [1.29, 1.82) is 5.26 Å². The van der Waals surface area contributed by atoms with Crippen molar-refractivity contribution in [2.24, 2.45) is 5.92 Å². The highest BCUT2D eigenvalue weighted by atomic mass is 19.4. The van der Waals surface area contributed by atoms with Gasteiger partial charge in [0.15, 0.2) is 0 Å². The van der Waals surface area contributed by atoms with Gasteiger partial charge in [0, 0.05) is 12.1 Å². The zero-order chi connectivity index (χ0) is 21.8. The summed E-state index contributed by atoms with van der Waals surface area (Å²) in [5.41, 5.74) is -2.71. The molecule has 0 aromatic heterocycles. The van der Waals surface area contributed by atoms with Gasteiger partial charge in [-0.2, -0.15) is 18.4 Å². The summed E-state index contributed by atoms with van der Waals surface area (Å²) in [6.45, 7) is 0. The number of aliphatic hydroxyl groups is 1. The van der Waals surface area contributed by atoms with E-state index < -0.39 is 28.8 Å². The quantitative estimate of drug-likeness (QED) is 0.715. The zero-order valence-electron chi connectivity index (χ0n) is 16.4. The average molecular weight is 416 g/mol. The molecule has 1 fully saturated rings. The predicted molar refractivity (Wildman–Crippen MR) is 106 cm³/mol. The predicted octanol–water partition coefficient (Wildman–Crippen LogP) is 5.07. The molecule has 2 aromatic carbocycles. The molecule has 0 saturated heterocycles. The van der Waals surface area contributed by atoms with Crippen LogP contribution in [0.25, 0.3) is 0 Å². The van der Waals surface area contributed by atoms with Crippen LogP contribution >= 0.6 is 0 Å². The maximum Gasteiger partial charge on any atom is 0.417 e. The summed E-state index contributed by atoms with van der Waals surface area (Å²) < 4.78 is 39.8. The maximum atomic E-state index is 13.3. The summed E-state index contributed by atoms with van der Waals surface area (Å²) in [6, 6.07) is 13.6. The molecule has 158 valence electrons. The van der Waals surface area contributed by atoms with Crippen molar-refractivity contribution >= 4 is 11.6 Å². The van der Waals surface area contributed by atoms with Crippen molar-refractivity contribution < 1.29 is 23.1 Å². The molecular weight excluding hydrogens is 393 g/mol. The van der Waals surface area contributed by atoms with Crippen molar-refractivity contribution in [3.8, 4) is 6.07 Å². The largest absolute Gasteiger partial charge is 0.417 e. The van der Waals surface area contributed by atoms with Gasteiger partial charge in [0.05, 0.1) is 17.2 Å². The molecule has 1 unspecified atom stereocenters. The Morgan fingerprint density at radius 3 is 2.37 bits per heavy atom. The Hall–Kier alpha value is -2.85. The lowest BCUT2D eigenvalue weighted by molar-refractivity contribution is -0.142. The zero-order valence-corrected chi connectivity index (χ0v) is 16.4. The highest BCUT2D eigenvalue weighted by Gasteiger charge is 2.44. The minimum Gasteiger partial charge on any atom is -0.379 e. The molecule has 1 aliphatic rings. The smallest absolute Gasteiger partial charge is 0.379 e. The Labute approximate surface area is 173 Å². The number of alkyl halides is 3. The van der Waals surface area contributed by atoms with Crippen LogP contribution in [0.4, 0.5) is 18.9 Å². The first kappa shape index (κ1) is 21.8. The Balaban J connectivity index is 1.91. The van der Waals surface area contributed by atoms with E-state index in [2.05, 4.69) is 5.32 Å². The number of halogens is 3. The number of carbonyl (C=O) groups is 1. The van der Waals surface area contributed by atoms with Crippen LogP contribution in [0.3, 0.4) is 0 Å². The summed E-state index contributed by atoms with van der Waals surface area (Å²) in [4.78, 5) is 13.1. The fourth-order valence-corrected chi connectivity index (χ4v) is 4.09. The van der Waals surface area contributed by atoms with Crippen molar-refractivity contribution in [1.82, 2.24) is 0 Å². The fourth-order valence-electron chi connectivity index (χ4n) is 4.09. The molecule has 0 bridgehead atoms. The number of nitrogens with one attached hydrogen (secondary N) is 1. The monoisotopic (exact) mass is 416 g/mol. The van der Waals surface area contributed by atoms with E-state index in [1.807, 2.05) is 30.3 Å². The molecule has 30 heavy (non-hydrogen) atoms. The summed E-state index contributed by atoms with van der Waals surface area (Å²) in [5.74, 6) is -1.01. The number of anilines is 1. The summed E-state index contributed by atoms with van der Waals surface area (Å²) in [7, 11) is 0. The van der Waals surface area contributed by atoms with Gasteiger partial charge < -0.3 is 10.4 Å². The lowest BCUT2D eigenvalue weighted by Gasteiger charge is -2.37. The van der Waals surface area contributed by atoms with Crippen molar-refractivity contribution in [3.05, 3.63) is 65.2 Å². The topological polar surface area (TPSA) is 73.1 Å². The Morgan fingerprint density at radius 1 is 1.10 bits per heavy atom. The van der Waals surface area contributed by atoms with Crippen molar-refractivity contribution in [2.45, 2.75) is 50.3 Å². The molecule has 0 heterocycles. The molecule has 2 aromatic rings. The number of hydrogen-bond acceptors (Lipinski definition) is 3. The normalized spacial score (nSPS) is 17.0. The number of carbonyl (C=O) groups excluding carboxylic acids is 1. The molecular formula is C23H23F3N2O2. The molecule has 1 aliphatic carbocycles. The van der Waals surface area contributed by atoms with E-state index in [9.17, 15) is 23.1 Å². The second kappa shape index (κ2) is 8.88. The maximum absolute atomic E-state index is 13.3. The van der Waals surface area contributed by atoms with Crippen LogP contribution in [0.2, 0.25) is 0 Å². The third-order valence-corrected chi connectivity index (χ3v) is 5.69. The minimum atomic E-state index is -4.73. The molecule has 0 radical (unpaired) electrons. The standard InChI is InChI=1S/C23H23F3N2O2/c24-23(25,26)20-13-19(12-11-17(20)15-27)28-21(29)22(30,18-9-5-2-6-10-18)14-16-7-3-1-4-8-16/h1,3-4,7-8,11-13,18,30H,2,5-6,9-10,14H2,(H,28,29). The van der Waals surface area contributed by atoms with Gasteiger partial charge in [-0.3, -0.25) is 4.79 Å². The summed E-state index contributed by atoms with van der Waals surface area (Å²) in [6.07, 6.45) is -0.476. The number of rotatable bonds is 5. The number of amides is 1. The van der Waals surface area contributed by atoms with Crippen molar-refractivity contribution in [3.63, 3.8) is 0 Å². The van der Waals surface area contributed by atoms with Gasteiger partial charge in [-0.1, -0.05) is 49.6 Å². The van der Waals surface area contributed by atoms with Gasteiger partial charge in [0.25, 0.3) is 5.91 Å². The lowest BCUT2D eigenvalue weighted by atomic mass is 9.73. The van der Waals surface area contributed by atoms with Crippen LogP contribution in [0.15, 0.2) is 48.5 Å². The third kappa shape index (κ3) is 4.82. The fraction of sp³-hybridized carbons (Fsp3) is 0.391. The minimum absolute atomic E-state index is 0.0761. The first-order valence-corrected chi connectivity index (χ1v) is 9.93. The molecule has 0 aliphatic heterocycles. The van der Waals surface area contributed by atoms with Crippen LogP contribution < -0.4 is 5.32 Å². The van der Waals surface area contributed by atoms with Crippen LogP contribution in [-0.4, -0.2) is 16.6 Å². The lowest BCUT2D eigenvalue weighted by Crippen LogP contribution is -2.51. The molecule has 3 rings (SSSR count). The van der Waals surface area contributed by atoms with Crippen LogP contribution in [-0.2, 0) is 17.4 Å². The second-order valence-corrected chi connectivity index (χ2v) is 7.75. The highest BCUT2D eigenvalue weighted by molar-refractivity contribution is 5.97. The molecule has 1 amide bonds. The van der Waals surface area contributed by atoms with E-state index in [0.717, 1.165) is 37.0 Å². The van der Waals surface area contributed by atoms with E-state index in [1.165, 1.54) is 12.1 Å². The Morgan fingerprint density at radius 2 is 1.77 bits per heavy atom. The third-order valence-electron chi connectivity index (χ3n) is 5.69. The molecule has 4 nitrogen and oxygen atoms in total. The second-order valence-electron chi connectivity index (χ2n) is 7.75. The van der Waals surface area contributed by atoms with E-state index in [-0.39, 0.29) is 18.0 Å². The van der Waals surface area contributed by atoms with E-state index >= 15 is 0 Å². The number of nitriles is 1. The van der Waals surface area contributed by atoms with Gasteiger partial charge in [-0.25, -0.2) is 0 Å². The van der Waals surface area contributed by atoms with Gasteiger partial charge >= 0.3 is 6.18 Å². The Bertz CT molecular complexity index is 932. The van der Waals surface area contributed by atoms with Crippen molar-refractivity contribution in [2.75, 3.05) is 5.32 Å². The van der Waals surface area contributed by atoms with Gasteiger partial charge in [-0.15, -0.1) is 0 Å². The first-order chi connectivity index (χ1) is 14.2. The van der Waals surface area contributed by atoms with Gasteiger partial charge in [0.2, 0.25) is 0 Å². The van der Waals surface area contributed by atoms with Crippen LogP contribution in [0.1, 0.15) is 48.8 Å². The highest BCUT2D eigenvalue weighted by Crippen LogP contribution is 2.37. The van der Waals surface area contributed by atoms with Gasteiger partial charge in [0.1, 0.15) is 5.60 Å². The summed E-state index contributed by atoms with van der Waals surface area (Å²) in [5, 5.41) is 22.9. The van der Waals surface area contributed by atoms with Gasteiger partial charge in [-0.05, 0) is 42.5 Å². The van der Waals surface area contributed by atoms with E-state index in [0.29, 0.717) is 12.8 Å².